The Balaban J connectivity index is 1.31. The molecular weight excluding hydrogens is 482 g/mol. The van der Waals surface area contributed by atoms with Crippen LogP contribution in [0.4, 0.5) is 14.5 Å². The number of nitrogens with zero attached hydrogens (tertiary/aromatic N) is 1. The molecule has 0 saturated heterocycles. The first-order valence-electron chi connectivity index (χ1n) is 10.9. The van der Waals surface area contributed by atoms with Crippen molar-refractivity contribution < 1.29 is 27.9 Å². The highest BCUT2D eigenvalue weighted by Gasteiger charge is 2.29. The van der Waals surface area contributed by atoms with E-state index in [4.69, 9.17) is 16.3 Å². The molecule has 2 amide bonds. The van der Waals surface area contributed by atoms with Gasteiger partial charge in [-0.05, 0) is 43.9 Å². The average molecular weight is 503 g/mol. The lowest BCUT2D eigenvalue weighted by Gasteiger charge is -2.28. The van der Waals surface area contributed by atoms with Crippen molar-refractivity contribution in [2.45, 2.75) is 31.7 Å². The summed E-state index contributed by atoms with van der Waals surface area (Å²) in [5.41, 5.74) is -0.151. The summed E-state index contributed by atoms with van der Waals surface area (Å²) in [6.45, 7) is 0. The number of rotatable bonds is 6. The van der Waals surface area contributed by atoms with Crippen molar-refractivity contribution in [2.24, 2.45) is 5.92 Å². The highest BCUT2D eigenvalue weighted by Crippen LogP contribution is 2.29. The molecule has 0 aliphatic heterocycles. The number of carbonyl (C=O) groups is 3. The highest BCUT2D eigenvalue weighted by molar-refractivity contribution is 6.33. The Labute approximate surface area is 204 Å². The fourth-order valence-electron chi connectivity index (χ4n) is 3.88. The van der Waals surface area contributed by atoms with Gasteiger partial charge in [-0.25, -0.2) is 18.6 Å². The van der Waals surface area contributed by atoms with Gasteiger partial charge in [0.25, 0.3) is 5.91 Å². The molecule has 35 heavy (non-hydrogen) atoms. The van der Waals surface area contributed by atoms with Crippen LogP contribution in [0.25, 0.3) is 0 Å². The highest BCUT2D eigenvalue weighted by atomic mass is 35.5. The number of hydrogen-bond acceptors (Lipinski definition) is 5. The molecule has 1 fully saturated rings. The molecule has 2 aromatic carbocycles. The van der Waals surface area contributed by atoms with Crippen LogP contribution < -0.4 is 15.4 Å². The molecule has 0 bridgehead atoms. The van der Waals surface area contributed by atoms with Crippen LogP contribution in [0.5, 0.6) is 5.75 Å². The maximum absolute atomic E-state index is 13.5. The van der Waals surface area contributed by atoms with E-state index < -0.39 is 23.5 Å². The molecule has 0 radical (unpaired) electrons. The number of ether oxygens (including phenoxy) is 1. The summed E-state index contributed by atoms with van der Waals surface area (Å²) in [6.07, 6.45) is 3.18. The Morgan fingerprint density at radius 3 is 2.43 bits per heavy atom. The van der Waals surface area contributed by atoms with Gasteiger partial charge < -0.3 is 20.4 Å². The Morgan fingerprint density at radius 1 is 1.03 bits per heavy atom. The van der Waals surface area contributed by atoms with E-state index in [1.807, 2.05) is 0 Å². The van der Waals surface area contributed by atoms with Gasteiger partial charge >= 0.3 is 5.97 Å². The third-order valence-corrected chi connectivity index (χ3v) is 6.03. The monoisotopic (exact) mass is 502 g/mol. The molecule has 182 valence electrons. The zero-order valence-electron chi connectivity index (χ0n) is 18.3. The van der Waals surface area contributed by atoms with Crippen molar-refractivity contribution in [3.05, 3.63) is 76.8 Å². The quantitative estimate of drug-likeness (QED) is 0.261. The molecule has 1 aliphatic rings. The maximum atomic E-state index is 13.5. The molecule has 1 aliphatic carbocycles. The van der Waals surface area contributed by atoms with Gasteiger partial charge in [0.15, 0.2) is 17.3 Å². The van der Waals surface area contributed by atoms with Gasteiger partial charge in [-0.15, -0.1) is 0 Å². The number of carbonyl (C=O) groups excluding carboxylic acids is 3. The Hall–Kier alpha value is -3.79. The number of halogens is 3. The Bertz CT molecular complexity index is 1240. The van der Waals surface area contributed by atoms with Crippen molar-refractivity contribution in [3.63, 3.8) is 0 Å². The number of aromatic nitrogens is 2. The van der Waals surface area contributed by atoms with Crippen molar-refractivity contribution in [1.29, 1.82) is 0 Å². The van der Waals surface area contributed by atoms with Crippen LogP contribution in [-0.2, 0) is 4.79 Å². The fourth-order valence-corrected chi connectivity index (χ4v) is 4.07. The summed E-state index contributed by atoms with van der Waals surface area (Å²) < 4.78 is 31.9. The van der Waals surface area contributed by atoms with Crippen LogP contribution in [0.3, 0.4) is 0 Å². The van der Waals surface area contributed by atoms with E-state index >= 15 is 0 Å². The Morgan fingerprint density at radius 2 is 1.71 bits per heavy atom. The Kier molecular flexibility index (Phi) is 7.40. The molecule has 0 spiro atoms. The number of H-pyrrole nitrogens is 1. The topological polar surface area (TPSA) is 113 Å². The van der Waals surface area contributed by atoms with E-state index in [1.54, 1.807) is 30.3 Å². The van der Waals surface area contributed by atoms with E-state index in [-0.39, 0.29) is 40.0 Å². The number of benzene rings is 2. The number of esters is 1. The van der Waals surface area contributed by atoms with Crippen LogP contribution >= 0.6 is 11.6 Å². The van der Waals surface area contributed by atoms with Crippen molar-refractivity contribution >= 4 is 35.1 Å². The minimum atomic E-state index is -1.11. The molecule has 3 aromatic rings. The van der Waals surface area contributed by atoms with E-state index in [0.717, 1.165) is 12.1 Å². The fraction of sp³-hybridized carbons (Fsp3) is 0.250. The second kappa shape index (κ2) is 10.6. The maximum Gasteiger partial charge on any atom is 0.364 e. The van der Waals surface area contributed by atoms with E-state index in [0.29, 0.717) is 31.4 Å². The van der Waals surface area contributed by atoms with Crippen molar-refractivity contribution in [2.75, 3.05) is 5.32 Å². The number of anilines is 1. The lowest BCUT2D eigenvalue weighted by atomic mass is 9.85. The van der Waals surface area contributed by atoms with Gasteiger partial charge in [0, 0.05) is 18.0 Å². The minimum Gasteiger partial charge on any atom is -0.422 e. The van der Waals surface area contributed by atoms with E-state index in [2.05, 4.69) is 20.6 Å². The average Bonchev–Trinajstić information content (AvgIpc) is 3.34. The van der Waals surface area contributed by atoms with Gasteiger partial charge in [-0.3, -0.25) is 9.59 Å². The standard InChI is InChI=1S/C24H21ClF2N4O4/c25-16-10-17(26)18(27)11-19(16)31-22(32)13-6-8-14(9-7-13)30-23(33)20-21(29-12-28-20)24(34)35-15-4-2-1-3-5-15/h1-5,10-14H,6-9H2,(H,28,29)(H,30,33)(H,31,32). The third kappa shape index (κ3) is 5.83. The lowest BCUT2D eigenvalue weighted by Crippen LogP contribution is -2.40. The van der Waals surface area contributed by atoms with Gasteiger partial charge in [0.1, 0.15) is 11.4 Å². The molecule has 3 N–H and O–H groups in total. The second-order valence-electron chi connectivity index (χ2n) is 8.09. The van der Waals surface area contributed by atoms with Crippen LogP contribution in [0.15, 0.2) is 48.8 Å². The lowest BCUT2D eigenvalue weighted by molar-refractivity contribution is -0.120. The molecule has 1 heterocycles. The number of aromatic amines is 1. The number of amides is 2. The number of hydrogen-bond donors (Lipinski definition) is 3. The molecule has 1 aromatic heterocycles. The molecule has 0 unspecified atom stereocenters. The predicted molar refractivity (Wildman–Crippen MR) is 123 cm³/mol. The second-order valence-corrected chi connectivity index (χ2v) is 8.49. The van der Waals surface area contributed by atoms with E-state index in [9.17, 15) is 23.2 Å². The van der Waals surface area contributed by atoms with Gasteiger partial charge in [-0.2, -0.15) is 0 Å². The summed E-state index contributed by atoms with van der Waals surface area (Å²) >= 11 is 5.88. The van der Waals surface area contributed by atoms with E-state index in [1.165, 1.54) is 6.33 Å². The number of para-hydroxylation sites is 1. The summed E-state index contributed by atoms with van der Waals surface area (Å²) in [5.74, 6) is -3.89. The number of nitrogens with one attached hydrogen (secondary N) is 3. The summed E-state index contributed by atoms with van der Waals surface area (Å²) in [7, 11) is 0. The summed E-state index contributed by atoms with van der Waals surface area (Å²) in [5, 5.41) is 5.29. The normalized spacial score (nSPS) is 17.5. The first kappa shape index (κ1) is 24.3. The summed E-state index contributed by atoms with van der Waals surface area (Å²) in [4.78, 5) is 44.3. The van der Waals surface area contributed by atoms with Crippen LogP contribution in [0.2, 0.25) is 5.02 Å². The molecule has 0 atom stereocenters. The van der Waals surface area contributed by atoms with Gasteiger partial charge in [0.2, 0.25) is 5.91 Å². The summed E-state index contributed by atoms with van der Waals surface area (Å²) in [6, 6.07) is 9.84. The van der Waals surface area contributed by atoms with Gasteiger partial charge in [-0.1, -0.05) is 29.8 Å². The minimum absolute atomic E-state index is 0.000145. The van der Waals surface area contributed by atoms with Crippen molar-refractivity contribution in [1.82, 2.24) is 15.3 Å². The largest absolute Gasteiger partial charge is 0.422 e. The van der Waals surface area contributed by atoms with Crippen LogP contribution in [0.1, 0.15) is 46.7 Å². The van der Waals surface area contributed by atoms with Crippen LogP contribution in [-0.4, -0.2) is 33.8 Å². The zero-order valence-corrected chi connectivity index (χ0v) is 19.1. The molecule has 8 nitrogen and oxygen atoms in total. The molecular formula is C24H21ClF2N4O4. The predicted octanol–water partition coefficient (Wildman–Crippen LogP) is 4.49. The van der Waals surface area contributed by atoms with Gasteiger partial charge in [0.05, 0.1) is 17.0 Å². The zero-order chi connectivity index (χ0) is 24.9. The third-order valence-electron chi connectivity index (χ3n) is 5.71. The molecule has 1 saturated carbocycles. The smallest absolute Gasteiger partial charge is 0.364 e. The first-order chi connectivity index (χ1) is 16.8. The van der Waals surface area contributed by atoms with Crippen LogP contribution in [0, 0.1) is 17.6 Å². The molecule has 4 rings (SSSR count). The molecule has 11 heteroatoms. The van der Waals surface area contributed by atoms with Crippen molar-refractivity contribution in [3.8, 4) is 5.75 Å². The SMILES string of the molecule is O=C(Oc1ccccc1)c1nc[nH]c1C(=O)NC1CCC(C(=O)Nc2cc(F)c(F)cc2Cl)CC1. The first-order valence-corrected chi connectivity index (χ1v) is 11.3. The number of imidazole rings is 1.